The SMILES string of the molecule is CC(C)(C)c1cc(NC(=O)Nc2ccc(Oc3ccnc(-c4cn[nH]c4)c3)cc2F)n(-c2ccc(F)cc2)n1. The van der Waals surface area contributed by atoms with E-state index in [0.717, 1.165) is 5.56 Å². The van der Waals surface area contributed by atoms with Crippen LogP contribution in [-0.4, -0.2) is 31.0 Å². The van der Waals surface area contributed by atoms with Gasteiger partial charge < -0.3 is 10.1 Å². The number of carbonyl (C=O) groups is 1. The topological polar surface area (TPSA) is 110 Å². The molecule has 39 heavy (non-hydrogen) atoms. The lowest BCUT2D eigenvalue weighted by molar-refractivity contribution is 0.262. The van der Waals surface area contributed by atoms with Crippen molar-refractivity contribution in [2.45, 2.75) is 26.2 Å². The van der Waals surface area contributed by atoms with E-state index in [2.05, 4.69) is 30.9 Å². The third kappa shape index (κ3) is 5.93. The monoisotopic (exact) mass is 529 g/mol. The smallest absolute Gasteiger partial charge is 0.324 e. The summed E-state index contributed by atoms with van der Waals surface area (Å²) < 4.78 is 35.6. The second-order valence-corrected chi connectivity index (χ2v) is 9.74. The van der Waals surface area contributed by atoms with E-state index in [0.29, 0.717) is 28.6 Å². The van der Waals surface area contributed by atoms with Crippen LogP contribution in [0.5, 0.6) is 11.5 Å². The van der Waals surface area contributed by atoms with E-state index >= 15 is 0 Å². The Morgan fingerprint density at radius 3 is 2.44 bits per heavy atom. The number of ether oxygens (including phenoxy) is 1. The standard InChI is InChI=1S/C28H25F2N7O2/c1-28(2,3)25-14-26(37(36-25)19-6-4-18(29)5-7-19)35-27(38)34-23-9-8-20(12-22(23)30)39-21-10-11-31-24(13-21)17-15-32-33-16-17/h4-16H,1-3H3,(H,32,33)(H2,34,35,38). The van der Waals surface area contributed by atoms with Gasteiger partial charge in [0.1, 0.15) is 29.0 Å². The zero-order valence-corrected chi connectivity index (χ0v) is 21.4. The van der Waals surface area contributed by atoms with E-state index in [1.54, 1.807) is 48.9 Å². The minimum atomic E-state index is -0.686. The molecule has 9 nitrogen and oxygen atoms in total. The Bertz CT molecular complexity index is 1610. The zero-order valence-electron chi connectivity index (χ0n) is 21.4. The number of amides is 2. The minimum Gasteiger partial charge on any atom is -0.457 e. The molecule has 0 aliphatic heterocycles. The summed E-state index contributed by atoms with van der Waals surface area (Å²) >= 11 is 0. The molecular formula is C28H25F2N7O2. The number of aromatic nitrogens is 5. The molecule has 11 heteroatoms. The molecule has 0 unspecified atom stereocenters. The Balaban J connectivity index is 1.31. The summed E-state index contributed by atoms with van der Waals surface area (Å²) in [6, 6.07) is 14.2. The second-order valence-electron chi connectivity index (χ2n) is 9.74. The van der Waals surface area contributed by atoms with Crippen LogP contribution >= 0.6 is 0 Å². The average molecular weight is 530 g/mol. The molecule has 0 saturated heterocycles. The van der Waals surface area contributed by atoms with Gasteiger partial charge in [-0.2, -0.15) is 10.2 Å². The summed E-state index contributed by atoms with van der Waals surface area (Å²) in [5.74, 6) is -0.0288. The number of benzene rings is 2. The third-order valence-corrected chi connectivity index (χ3v) is 5.74. The maximum Gasteiger partial charge on any atom is 0.324 e. The molecular weight excluding hydrogens is 504 g/mol. The molecule has 0 radical (unpaired) electrons. The second kappa shape index (κ2) is 10.4. The summed E-state index contributed by atoms with van der Waals surface area (Å²) in [4.78, 5) is 17.1. The van der Waals surface area contributed by atoms with Gasteiger partial charge in [-0.1, -0.05) is 20.8 Å². The van der Waals surface area contributed by atoms with Crippen molar-refractivity contribution in [2.75, 3.05) is 10.6 Å². The lowest BCUT2D eigenvalue weighted by Gasteiger charge is -2.14. The molecule has 3 heterocycles. The number of carbonyl (C=O) groups excluding carboxylic acids is 1. The van der Waals surface area contributed by atoms with Gasteiger partial charge in [0, 0.05) is 41.6 Å². The first kappa shape index (κ1) is 25.6. The highest BCUT2D eigenvalue weighted by Crippen LogP contribution is 2.29. The molecule has 5 aromatic rings. The highest BCUT2D eigenvalue weighted by molar-refractivity contribution is 5.99. The number of hydrogen-bond acceptors (Lipinski definition) is 5. The Morgan fingerprint density at radius 1 is 0.974 bits per heavy atom. The van der Waals surface area contributed by atoms with Gasteiger partial charge in [-0.15, -0.1) is 0 Å². The molecule has 5 rings (SSSR count). The molecule has 0 aliphatic rings. The highest BCUT2D eigenvalue weighted by atomic mass is 19.1. The molecule has 3 N–H and O–H groups in total. The Labute approximate surface area is 222 Å². The van der Waals surface area contributed by atoms with Crippen LogP contribution in [0.4, 0.5) is 25.1 Å². The van der Waals surface area contributed by atoms with Crippen molar-refractivity contribution in [1.82, 2.24) is 25.0 Å². The van der Waals surface area contributed by atoms with E-state index in [4.69, 9.17) is 4.74 Å². The van der Waals surface area contributed by atoms with Crippen LogP contribution < -0.4 is 15.4 Å². The molecule has 0 fully saturated rings. The number of nitrogens with zero attached hydrogens (tertiary/aromatic N) is 4. The van der Waals surface area contributed by atoms with Crippen LogP contribution in [0.1, 0.15) is 26.5 Å². The highest BCUT2D eigenvalue weighted by Gasteiger charge is 2.22. The summed E-state index contributed by atoms with van der Waals surface area (Å²) in [6.45, 7) is 5.95. The number of urea groups is 1. The van der Waals surface area contributed by atoms with Crippen molar-refractivity contribution >= 4 is 17.5 Å². The van der Waals surface area contributed by atoms with Crippen molar-refractivity contribution in [2.24, 2.45) is 0 Å². The van der Waals surface area contributed by atoms with E-state index in [9.17, 15) is 13.6 Å². The van der Waals surface area contributed by atoms with Crippen LogP contribution in [0.3, 0.4) is 0 Å². The van der Waals surface area contributed by atoms with Gasteiger partial charge in [-0.3, -0.25) is 15.4 Å². The van der Waals surface area contributed by atoms with Gasteiger partial charge in [-0.05, 0) is 42.5 Å². The molecule has 0 atom stereocenters. The minimum absolute atomic E-state index is 0.0439. The Kier molecular flexibility index (Phi) is 6.80. The average Bonchev–Trinajstić information content (AvgIpc) is 3.57. The molecule has 0 spiro atoms. The molecule has 2 amide bonds. The van der Waals surface area contributed by atoms with E-state index in [-0.39, 0.29) is 22.7 Å². The Morgan fingerprint density at radius 2 is 1.74 bits per heavy atom. The number of halogens is 2. The van der Waals surface area contributed by atoms with E-state index < -0.39 is 11.8 Å². The number of pyridine rings is 1. The largest absolute Gasteiger partial charge is 0.457 e. The van der Waals surface area contributed by atoms with Gasteiger partial charge in [0.05, 0.1) is 29.0 Å². The van der Waals surface area contributed by atoms with Gasteiger partial charge in [-0.25, -0.2) is 18.3 Å². The van der Waals surface area contributed by atoms with Gasteiger partial charge in [0.25, 0.3) is 0 Å². The van der Waals surface area contributed by atoms with Crippen molar-refractivity contribution in [3.05, 3.63) is 96.6 Å². The van der Waals surface area contributed by atoms with Crippen molar-refractivity contribution in [3.8, 4) is 28.4 Å². The first-order chi connectivity index (χ1) is 18.7. The van der Waals surface area contributed by atoms with Crippen LogP contribution in [0.25, 0.3) is 16.9 Å². The first-order valence-electron chi connectivity index (χ1n) is 12.0. The van der Waals surface area contributed by atoms with Crippen LogP contribution in [0.15, 0.2) is 79.3 Å². The Hall–Kier alpha value is -5.06. The van der Waals surface area contributed by atoms with Crippen molar-refractivity contribution in [1.29, 1.82) is 0 Å². The predicted octanol–water partition coefficient (Wildman–Crippen LogP) is 6.67. The number of anilines is 2. The fourth-order valence-corrected chi connectivity index (χ4v) is 3.71. The number of H-pyrrole nitrogens is 1. The fourth-order valence-electron chi connectivity index (χ4n) is 3.71. The molecule has 0 saturated carbocycles. The first-order valence-corrected chi connectivity index (χ1v) is 12.0. The lowest BCUT2D eigenvalue weighted by atomic mass is 9.92. The zero-order chi connectivity index (χ0) is 27.6. The van der Waals surface area contributed by atoms with E-state index in [1.807, 2.05) is 20.8 Å². The van der Waals surface area contributed by atoms with Crippen LogP contribution in [0, 0.1) is 11.6 Å². The van der Waals surface area contributed by atoms with Gasteiger partial charge >= 0.3 is 6.03 Å². The molecule has 2 aromatic carbocycles. The molecule has 198 valence electrons. The molecule has 0 bridgehead atoms. The van der Waals surface area contributed by atoms with Gasteiger partial charge in [0.15, 0.2) is 0 Å². The van der Waals surface area contributed by atoms with Gasteiger partial charge in [0.2, 0.25) is 0 Å². The van der Waals surface area contributed by atoms with E-state index in [1.165, 1.54) is 35.0 Å². The fraction of sp³-hybridized carbons (Fsp3) is 0.143. The van der Waals surface area contributed by atoms with Crippen molar-refractivity contribution < 1.29 is 18.3 Å². The summed E-state index contributed by atoms with van der Waals surface area (Å²) in [6.07, 6.45) is 4.91. The van der Waals surface area contributed by atoms with Crippen molar-refractivity contribution in [3.63, 3.8) is 0 Å². The van der Waals surface area contributed by atoms with Crippen LogP contribution in [0.2, 0.25) is 0 Å². The number of hydrogen-bond donors (Lipinski definition) is 3. The third-order valence-electron chi connectivity index (χ3n) is 5.74. The maximum absolute atomic E-state index is 14.9. The van der Waals surface area contributed by atoms with Crippen LogP contribution in [-0.2, 0) is 5.41 Å². The lowest BCUT2D eigenvalue weighted by Crippen LogP contribution is -2.22. The summed E-state index contributed by atoms with van der Waals surface area (Å²) in [7, 11) is 0. The maximum atomic E-state index is 14.9. The number of aromatic amines is 1. The molecule has 0 aliphatic carbocycles. The number of rotatable bonds is 6. The molecule has 3 aromatic heterocycles. The summed E-state index contributed by atoms with van der Waals surface area (Å²) in [5, 5.41) is 16.4. The predicted molar refractivity (Wildman–Crippen MR) is 143 cm³/mol. The quantitative estimate of drug-likeness (QED) is 0.228. The summed E-state index contributed by atoms with van der Waals surface area (Å²) in [5.41, 5.74) is 2.34. The normalized spacial score (nSPS) is 11.3. The number of nitrogens with one attached hydrogen (secondary N) is 3.